The summed E-state index contributed by atoms with van der Waals surface area (Å²) in [4.78, 5) is 38.9. The van der Waals surface area contributed by atoms with Crippen LogP contribution in [0, 0.1) is 0 Å². The van der Waals surface area contributed by atoms with E-state index in [2.05, 4.69) is 9.47 Å². The van der Waals surface area contributed by atoms with Crippen molar-refractivity contribution in [2.24, 2.45) is 0 Å². The molecule has 0 radical (unpaired) electrons. The first-order valence-corrected chi connectivity index (χ1v) is 8.71. The van der Waals surface area contributed by atoms with Gasteiger partial charge in [-0.25, -0.2) is 0 Å². The van der Waals surface area contributed by atoms with Crippen LogP contribution in [0.15, 0.2) is 18.2 Å². The summed E-state index contributed by atoms with van der Waals surface area (Å²) in [5.41, 5.74) is 6.67. The fraction of sp³-hybridized carbons (Fsp3) is 0.500. The van der Waals surface area contributed by atoms with Crippen molar-refractivity contribution in [3.63, 3.8) is 0 Å². The minimum atomic E-state index is -0.545. The van der Waals surface area contributed by atoms with Crippen molar-refractivity contribution in [1.82, 2.24) is 4.90 Å². The van der Waals surface area contributed by atoms with E-state index in [0.29, 0.717) is 37.7 Å². The summed E-state index contributed by atoms with van der Waals surface area (Å²) < 4.78 is 20.3. The van der Waals surface area contributed by atoms with Crippen molar-refractivity contribution >= 4 is 29.2 Å². The molecular weight excluding hydrogens is 370 g/mol. The normalized spacial score (nSPS) is 13.6. The Morgan fingerprint density at radius 1 is 1.11 bits per heavy atom. The molecule has 0 bridgehead atoms. The number of nitrogens with two attached hydrogens (primary N) is 1. The first-order valence-electron chi connectivity index (χ1n) is 8.71. The standard InChI is InChI=1S/C18H25N3O7/c1-25-17(23)10-21(11-18(24)26-2)14-4-3-13(19)9-15(14)28-12-16(22)20-5-7-27-8-6-20/h3-4,9H,5-8,10-12,19H2,1-2H3. The number of anilines is 2. The van der Waals surface area contributed by atoms with Gasteiger partial charge in [0, 0.05) is 24.8 Å². The Bertz CT molecular complexity index is 686. The van der Waals surface area contributed by atoms with E-state index < -0.39 is 11.9 Å². The monoisotopic (exact) mass is 395 g/mol. The lowest BCUT2D eigenvalue weighted by molar-refractivity contribution is -0.140. The number of benzene rings is 1. The maximum absolute atomic E-state index is 12.3. The van der Waals surface area contributed by atoms with E-state index in [1.807, 2.05) is 0 Å². The summed E-state index contributed by atoms with van der Waals surface area (Å²) in [5, 5.41) is 0. The van der Waals surface area contributed by atoms with Gasteiger partial charge in [0.05, 0.1) is 33.1 Å². The zero-order chi connectivity index (χ0) is 20.5. The Morgan fingerprint density at radius 2 is 1.71 bits per heavy atom. The van der Waals surface area contributed by atoms with Gasteiger partial charge >= 0.3 is 11.9 Å². The predicted molar refractivity (Wildman–Crippen MR) is 100.0 cm³/mol. The van der Waals surface area contributed by atoms with E-state index in [1.165, 1.54) is 25.2 Å². The fourth-order valence-electron chi connectivity index (χ4n) is 2.62. The molecular formula is C18H25N3O7. The minimum absolute atomic E-state index is 0.191. The first-order chi connectivity index (χ1) is 13.4. The van der Waals surface area contributed by atoms with Gasteiger partial charge < -0.3 is 34.5 Å². The minimum Gasteiger partial charge on any atom is -0.482 e. The number of esters is 2. The quantitative estimate of drug-likeness (QED) is 0.465. The second kappa shape index (κ2) is 10.4. The lowest BCUT2D eigenvalue weighted by Gasteiger charge is -2.28. The topological polar surface area (TPSA) is 121 Å². The molecule has 154 valence electrons. The van der Waals surface area contributed by atoms with Gasteiger partial charge in [-0.15, -0.1) is 0 Å². The number of hydrogen-bond donors (Lipinski definition) is 1. The molecule has 0 atom stereocenters. The molecule has 1 heterocycles. The molecule has 0 aromatic heterocycles. The van der Waals surface area contributed by atoms with Crippen molar-refractivity contribution in [3.05, 3.63) is 18.2 Å². The van der Waals surface area contributed by atoms with Crippen LogP contribution < -0.4 is 15.4 Å². The van der Waals surface area contributed by atoms with E-state index in [9.17, 15) is 14.4 Å². The second-order valence-electron chi connectivity index (χ2n) is 6.02. The van der Waals surface area contributed by atoms with Gasteiger partial charge in [0.15, 0.2) is 6.61 Å². The van der Waals surface area contributed by atoms with Crippen LogP contribution in [-0.2, 0) is 28.6 Å². The van der Waals surface area contributed by atoms with Crippen LogP contribution in [0.3, 0.4) is 0 Å². The number of nitrogens with zero attached hydrogens (tertiary/aromatic N) is 2. The molecule has 0 spiro atoms. The Hall–Kier alpha value is -3.01. The molecule has 2 N–H and O–H groups in total. The van der Waals surface area contributed by atoms with Crippen molar-refractivity contribution < 1.29 is 33.3 Å². The second-order valence-corrected chi connectivity index (χ2v) is 6.02. The van der Waals surface area contributed by atoms with Crippen LogP contribution in [-0.4, -0.2) is 83.0 Å². The molecule has 2 rings (SSSR count). The van der Waals surface area contributed by atoms with Gasteiger partial charge in [-0.3, -0.25) is 14.4 Å². The van der Waals surface area contributed by atoms with E-state index in [-0.39, 0.29) is 31.4 Å². The summed E-state index contributed by atoms with van der Waals surface area (Å²) >= 11 is 0. The van der Waals surface area contributed by atoms with Crippen molar-refractivity contribution in [2.75, 3.05) is 70.9 Å². The average Bonchev–Trinajstić information content (AvgIpc) is 2.71. The van der Waals surface area contributed by atoms with Gasteiger partial charge in [-0.2, -0.15) is 0 Å². The molecule has 1 aliphatic heterocycles. The summed E-state index contributed by atoms with van der Waals surface area (Å²) in [5.74, 6) is -1.01. The zero-order valence-electron chi connectivity index (χ0n) is 16.0. The summed E-state index contributed by atoms with van der Waals surface area (Å²) in [6, 6.07) is 4.74. The van der Waals surface area contributed by atoms with E-state index in [0.717, 1.165) is 0 Å². The van der Waals surface area contributed by atoms with Gasteiger partial charge in [-0.1, -0.05) is 0 Å². The van der Waals surface area contributed by atoms with Crippen LogP contribution in [0.1, 0.15) is 0 Å². The van der Waals surface area contributed by atoms with Gasteiger partial charge in [0.1, 0.15) is 18.8 Å². The number of carbonyl (C=O) groups is 3. The lowest BCUT2D eigenvalue weighted by atomic mass is 10.2. The highest BCUT2D eigenvalue weighted by atomic mass is 16.5. The van der Waals surface area contributed by atoms with Gasteiger partial charge in [0.2, 0.25) is 0 Å². The Balaban J connectivity index is 2.18. The molecule has 1 fully saturated rings. The van der Waals surface area contributed by atoms with Crippen molar-refractivity contribution in [2.45, 2.75) is 0 Å². The molecule has 0 unspecified atom stereocenters. The van der Waals surface area contributed by atoms with Gasteiger partial charge in [-0.05, 0) is 12.1 Å². The smallest absolute Gasteiger partial charge is 0.325 e. The van der Waals surface area contributed by atoms with E-state index in [1.54, 1.807) is 17.0 Å². The van der Waals surface area contributed by atoms with Gasteiger partial charge in [0.25, 0.3) is 5.91 Å². The van der Waals surface area contributed by atoms with Crippen LogP contribution in [0.25, 0.3) is 0 Å². The number of ether oxygens (including phenoxy) is 4. The third-order valence-corrected chi connectivity index (χ3v) is 4.13. The van der Waals surface area contributed by atoms with Crippen LogP contribution in [0.5, 0.6) is 5.75 Å². The molecule has 28 heavy (non-hydrogen) atoms. The van der Waals surface area contributed by atoms with E-state index in [4.69, 9.17) is 15.2 Å². The maximum atomic E-state index is 12.3. The molecule has 1 aliphatic rings. The molecule has 1 aromatic carbocycles. The Kier molecular flexibility index (Phi) is 7.88. The molecule has 1 saturated heterocycles. The van der Waals surface area contributed by atoms with Crippen molar-refractivity contribution in [3.8, 4) is 5.75 Å². The Morgan fingerprint density at radius 3 is 2.29 bits per heavy atom. The summed E-state index contributed by atoms with van der Waals surface area (Å²) in [6.45, 7) is 1.36. The van der Waals surface area contributed by atoms with Crippen molar-refractivity contribution in [1.29, 1.82) is 0 Å². The number of rotatable bonds is 8. The summed E-state index contributed by atoms with van der Waals surface area (Å²) in [7, 11) is 2.50. The SMILES string of the molecule is COC(=O)CN(CC(=O)OC)c1ccc(N)cc1OCC(=O)N1CCOCC1. The third-order valence-electron chi connectivity index (χ3n) is 4.13. The highest BCUT2D eigenvalue weighted by Gasteiger charge is 2.22. The number of nitrogen functional groups attached to an aromatic ring is 1. The number of morpholine rings is 1. The number of carbonyl (C=O) groups excluding carboxylic acids is 3. The lowest BCUT2D eigenvalue weighted by Crippen LogP contribution is -2.43. The summed E-state index contributed by atoms with van der Waals surface area (Å²) in [6.07, 6.45) is 0. The highest BCUT2D eigenvalue weighted by molar-refractivity contribution is 5.83. The predicted octanol–water partition coefficient (Wildman–Crippen LogP) is -0.341. The molecule has 1 amide bonds. The van der Waals surface area contributed by atoms with Crippen LogP contribution in [0.4, 0.5) is 11.4 Å². The Labute approximate surface area is 163 Å². The molecule has 0 saturated carbocycles. The molecule has 10 nitrogen and oxygen atoms in total. The molecule has 10 heteroatoms. The maximum Gasteiger partial charge on any atom is 0.325 e. The highest BCUT2D eigenvalue weighted by Crippen LogP contribution is 2.31. The average molecular weight is 395 g/mol. The molecule has 0 aliphatic carbocycles. The first kappa shape index (κ1) is 21.3. The van der Waals surface area contributed by atoms with E-state index >= 15 is 0 Å². The van der Waals surface area contributed by atoms with Crippen LogP contribution in [0.2, 0.25) is 0 Å². The fourth-order valence-corrected chi connectivity index (χ4v) is 2.62. The zero-order valence-corrected chi connectivity index (χ0v) is 16.0. The van der Waals surface area contributed by atoms with Crippen LogP contribution >= 0.6 is 0 Å². The third kappa shape index (κ3) is 6.02. The number of amides is 1. The number of methoxy groups -OCH3 is 2. The molecule has 1 aromatic rings. The number of hydrogen-bond acceptors (Lipinski definition) is 9. The largest absolute Gasteiger partial charge is 0.482 e.